The van der Waals surface area contributed by atoms with Crippen molar-refractivity contribution in [2.24, 2.45) is 0 Å². The van der Waals surface area contributed by atoms with Crippen LogP contribution >= 0.6 is 27.3 Å². The summed E-state index contributed by atoms with van der Waals surface area (Å²) in [6, 6.07) is 0.952. The van der Waals surface area contributed by atoms with E-state index in [-0.39, 0.29) is 6.03 Å². The number of thiophene rings is 1. The second-order valence-corrected chi connectivity index (χ2v) is 5.99. The first kappa shape index (κ1) is 13.4. The average molecular weight is 333 g/mol. The van der Waals surface area contributed by atoms with Crippen molar-refractivity contribution in [3.63, 3.8) is 0 Å². The van der Waals surface area contributed by atoms with Crippen molar-refractivity contribution >= 4 is 39.3 Å². The third kappa shape index (κ3) is 3.02. The Balaban J connectivity index is 1.89. The van der Waals surface area contributed by atoms with Crippen LogP contribution in [0.25, 0.3) is 0 Å². The molecule has 2 N–H and O–H groups in total. The summed E-state index contributed by atoms with van der Waals surface area (Å²) in [5, 5.41) is 13.7. The van der Waals surface area contributed by atoms with Crippen LogP contribution in [-0.4, -0.2) is 34.6 Å². The molecule has 2 amide bonds. The van der Waals surface area contributed by atoms with Crippen molar-refractivity contribution in [3.05, 3.63) is 20.8 Å². The zero-order valence-electron chi connectivity index (χ0n) is 9.56. The maximum Gasteiger partial charge on any atom is 0.326 e. The molecule has 1 aromatic heterocycles. The minimum atomic E-state index is -0.929. The first-order chi connectivity index (χ1) is 8.58. The molecule has 0 aromatic carbocycles. The number of carboxylic acids is 1. The number of aliphatic carboxylic acids is 1. The molecule has 1 atom stereocenters. The number of carbonyl (C=O) groups excluding carboxylic acids is 1. The zero-order chi connectivity index (χ0) is 13.1. The van der Waals surface area contributed by atoms with Gasteiger partial charge in [0.1, 0.15) is 6.04 Å². The van der Waals surface area contributed by atoms with Crippen LogP contribution in [0, 0.1) is 0 Å². The molecule has 1 saturated heterocycles. The molecular formula is C11H13BrN2O3S. The van der Waals surface area contributed by atoms with Crippen LogP contribution in [0.2, 0.25) is 0 Å². The maximum atomic E-state index is 11.9. The van der Waals surface area contributed by atoms with Crippen molar-refractivity contribution in [1.82, 2.24) is 10.2 Å². The summed E-state index contributed by atoms with van der Waals surface area (Å²) in [5.74, 6) is -0.929. The van der Waals surface area contributed by atoms with Crippen LogP contribution in [0.15, 0.2) is 15.9 Å². The Morgan fingerprint density at radius 3 is 3.00 bits per heavy atom. The largest absolute Gasteiger partial charge is 0.480 e. The third-order valence-corrected chi connectivity index (χ3v) is 4.53. The number of hydrogen-bond acceptors (Lipinski definition) is 3. The predicted molar refractivity (Wildman–Crippen MR) is 71.6 cm³/mol. The smallest absolute Gasteiger partial charge is 0.326 e. The Morgan fingerprint density at radius 2 is 2.39 bits per heavy atom. The molecule has 98 valence electrons. The van der Waals surface area contributed by atoms with Gasteiger partial charge in [0.2, 0.25) is 0 Å². The van der Waals surface area contributed by atoms with E-state index in [0.29, 0.717) is 19.5 Å². The second kappa shape index (κ2) is 5.71. The van der Waals surface area contributed by atoms with Gasteiger partial charge < -0.3 is 15.3 Å². The van der Waals surface area contributed by atoms with Crippen LogP contribution in [0.4, 0.5) is 4.79 Å². The molecular weight excluding hydrogens is 320 g/mol. The number of carboxylic acid groups (broad SMARTS) is 1. The van der Waals surface area contributed by atoms with Gasteiger partial charge in [-0.15, -0.1) is 11.3 Å². The van der Waals surface area contributed by atoms with Crippen molar-refractivity contribution < 1.29 is 14.7 Å². The van der Waals surface area contributed by atoms with Gasteiger partial charge in [-0.25, -0.2) is 9.59 Å². The monoisotopic (exact) mass is 332 g/mol. The highest BCUT2D eigenvalue weighted by atomic mass is 79.9. The van der Waals surface area contributed by atoms with Crippen molar-refractivity contribution in [2.75, 3.05) is 6.54 Å². The standard InChI is InChI=1S/C11H13BrN2O3S/c12-7-4-8(18-6-7)5-13-11(17)14-3-1-2-9(14)10(15)16/h4,6,9H,1-3,5H2,(H,13,17)(H,15,16). The molecule has 0 aliphatic carbocycles. The van der Waals surface area contributed by atoms with Gasteiger partial charge in [0.05, 0.1) is 6.54 Å². The summed E-state index contributed by atoms with van der Waals surface area (Å²) < 4.78 is 0.987. The normalized spacial score (nSPS) is 18.9. The average Bonchev–Trinajstić information content (AvgIpc) is 2.94. The molecule has 18 heavy (non-hydrogen) atoms. The van der Waals surface area contributed by atoms with E-state index in [1.165, 1.54) is 4.90 Å². The number of hydrogen-bond donors (Lipinski definition) is 2. The minimum Gasteiger partial charge on any atom is -0.480 e. The number of carbonyl (C=O) groups is 2. The van der Waals surface area contributed by atoms with Crippen LogP contribution < -0.4 is 5.32 Å². The first-order valence-electron chi connectivity index (χ1n) is 5.58. The highest BCUT2D eigenvalue weighted by molar-refractivity contribution is 9.10. The maximum absolute atomic E-state index is 11.9. The van der Waals surface area contributed by atoms with Crippen molar-refractivity contribution in [1.29, 1.82) is 0 Å². The van der Waals surface area contributed by atoms with E-state index < -0.39 is 12.0 Å². The number of amides is 2. The summed E-state index contributed by atoms with van der Waals surface area (Å²) in [4.78, 5) is 25.3. The summed E-state index contributed by atoms with van der Waals surface area (Å²) in [6.07, 6.45) is 1.28. The quantitative estimate of drug-likeness (QED) is 0.892. The van der Waals surface area contributed by atoms with Crippen LogP contribution in [-0.2, 0) is 11.3 Å². The van der Waals surface area contributed by atoms with Gasteiger partial charge in [-0.3, -0.25) is 0 Å². The lowest BCUT2D eigenvalue weighted by Gasteiger charge is -2.21. The lowest BCUT2D eigenvalue weighted by atomic mass is 10.2. The van der Waals surface area contributed by atoms with Gasteiger partial charge in [0.25, 0.3) is 0 Å². The summed E-state index contributed by atoms with van der Waals surface area (Å²) >= 11 is 4.89. The number of likely N-dealkylation sites (tertiary alicyclic amines) is 1. The molecule has 0 bridgehead atoms. The number of nitrogens with one attached hydrogen (secondary N) is 1. The molecule has 0 radical (unpaired) electrons. The number of nitrogens with zero attached hydrogens (tertiary/aromatic N) is 1. The predicted octanol–water partition coefficient (Wildman–Crippen LogP) is 2.27. The molecule has 2 rings (SSSR count). The third-order valence-electron chi connectivity index (χ3n) is 2.83. The fraction of sp³-hybridized carbons (Fsp3) is 0.455. The van der Waals surface area contributed by atoms with Crippen LogP contribution in [0.1, 0.15) is 17.7 Å². The van der Waals surface area contributed by atoms with Gasteiger partial charge in [-0.1, -0.05) is 0 Å². The van der Waals surface area contributed by atoms with Crippen molar-refractivity contribution in [3.8, 4) is 0 Å². The molecule has 7 heteroatoms. The van der Waals surface area contributed by atoms with E-state index >= 15 is 0 Å². The van der Waals surface area contributed by atoms with E-state index in [1.54, 1.807) is 11.3 Å². The van der Waals surface area contributed by atoms with Gasteiger partial charge in [-0.05, 0) is 34.8 Å². The lowest BCUT2D eigenvalue weighted by molar-refractivity contribution is -0.141. The topological polar surface area (TPSA) is 69.6 Å². The molecule has 2 heterocycles. The van der Waals surface area contributed by atoms with E-state index in [0.717, 1.165) is 15.8 Å². The second-order valence-electron chi connectivity index (χ2n) is 4.08. The van der Waals surface area contributed by atoms with Gasteiger partial charge >= 0.3 is 12.0 Å². The Morgan fingerprint density at radius 1 is 1.61 bits per heavy atom. The van der Waals surface area contributed by atoms with E-state index in [9.17, 15) is 9.59 Å². The van der Waals surface area contributed by atoms with Crippen LogP contribution in [0.3, 0.4) is 0 Å². The molecule has 0 saturated carbocycles. The Labute approximate surface area is 117 Å². The number of rotatable bonds is 3. The molecule has 1 unspecified atom stereocenters. The Bertz CT molecular complexity index is 463. The molecule has 1 aliphatic heterocycles. The molecule has 0 spiro atoms. The van der Waals surface area contributed by atoms with Gasteiger partial charge in [0.15, 0.2) is 0 Å². The van der Waals surface area contributed by atoms with E-state index in [2.05, 4.69) is 21.2 Å². The summed E-state index contributed by atoms with van der Waals surface area (Å²) in [6.45, 7) is 0.939. The number of halogens is 1. The van der Waals surface area contributed by atoms with E-state index in [4.69, 9.17) is 5.11 Å². The lowest BCUT2D eigenvalue weighted by Crippen LogP contribution is -2.45. The highest BCUT2D eigenvalue weighted by Crippen LogP contribution is 2.20. The van der Waals surface area contributed by atoms with Gasteiger partial charge in [0, 0.05) is 21.3 Å². The van der Waals surface area contributed by atoms with Crippen LogP contribution in [0.5, 0.6) is 0 Å². The minimum absolute atomic E-state index is 0.301. The Kier molecular flexibility index (Phi) is 4.23. The molecule has 5 nitrogen and oxygen atoms in total. The van der Waals surface area contributed by atoms with Crippen molar-refractivity contribution in [2.45, 2.75) is 25.4 Å². The number of urea groups is 1. The molecule has 1 aliphatic rings. The highest BCUT2D eigenvalue weighted by Gasteiger charge is 2.33. The van der Waals surface area contributed by atoms with E-state index in [1.807, 2.05) is 11.4 Å². The fourth-order valence-corrected chi connectivity index (χ4v) is 3.37. The molecule has 1 fully saturated rings. The SMILES string of the molecule is O=C(O)C1CCCN1C(=O)NCc1cc(Br)cs1. The summed E-state index contributed by atoms with van der Waals surface area (Å²) in [7, 11) is 0. The fourth-order valence-electron chi connectivity index (χ4n) is 1.98. The summed E-state index contributed by atoms with van der Waals surface area (Å²) in [5.41, 5.74) is 0. The Hall–Kier alpha value is -1.08. The molecule has 1 aromatic rings. The zero-order valence-corrected chi connectivity index (χ0v) is 12.0. The first-order valence-corrected chi connectivity index (χ1v) is 7.25. The van der Waals surface area contributed by atoms with Gasteiger partial charge in [-0.2, -0.15) is 0 Å².